The van der Waals surface area contributed by atoms with E-state index in [0.717, 1.165) is 17.8 Å². The van der Waals surface area contributed by atoms with Crippen molar-refractivity contribution in [3.8, 4) is 0 Å². The third-order valence-corrected chi connectivity index (χ3v) is 2.47. The molecule has 0 heterocycles. The molecule has 1 atom stereocenters. The molecule has 0 aliphatic heterocycles. The van der Waals surface area contributed by atoms with Crippen molar-refractivity contribution in [3.63, 3.8) is 0 Å². The molecule has 0 fully saturated rings. The van der Waals surface area contributed by atoms with Gasteiger partial charge in [0.2, 0.25) is 0 Å². The standard InChI is InChI=1S/C12H19FN2/c1-4-15(3)12-6-5-11(13)8-10(12)7-9(2)14/h5-6,8-9H,4,7,14H2,1-3H3. The number of nitrogens with zero attached hydrogens (tertiary/aromatic N) is 1. The molecule has 1 unspecified atom stereocenters. The minimum atomic E-state index is -0.195. The molecule has 1 aromatic carbocycles. The molecule has 0 aromatic heterocycles. The highest BCUT2D eigenvalue weighted by Crippen LogP contribution is 2.21. The van der Waals surface area contributed by atoms with E-state index in [9.17, 15) is 4.39 Å². The van der Waals surface area contributed by atoms with Crippen LogP contribution in [0.2, 0.25) is 0 Å². The second-order valence-electron chi connectivity index (χ2n) is 3.97. The number of rotatable bonds is 4. The molecular weight excluding hydrogens is 191 g/mol. The first kappa shape index (κ1) is 12.0. The Labute approximate surface area is 90.9 Å². The average molecular weight is 210 g/mol. The topological polar surface area (TPSA) is 29.3 Å². The predicted molar refractivity (Wildman–Crippen MR) is 62.7 cm³/mol. The van der Waals surface area contributed by atoms with Gasteiger partial charge in [0.05, 0.1) is 0 Å². The van der Waals surface area contributed by atoms with Gasteiger partial charge in [-0.2, -0.15) is 0 Å². The fraction of sp³-hybridized carbons (Fsp3) is 0.500. The second-order valence-corrected chi connectivity index (χ2v) is 3.97. The number of anilines is 1. The first-order valence-corrected chi connectivity index (χ1v) is 5.29. The molecule has 15 heavy (non-hydrogen) atoms. The lowest BCUT2D eigenvalue weighted by molar-refractivity contribution is 0.622. The number of hydrogen-bond donors (Lipinski definition) is 1. The largest absolute Gasteiger partial charge is 0.375 e. The van der Waals surface area contributed by atoms with Gasteiger partial charge >= 0.3 is 0 Å². The highest BCUT2D eigenvalue weighted by Gasteiger charge is 2.09. The van der Waals surface area contributed by atoms with E-state index < -0.39 is 0 Å². The van der Waals surface area contributed by atoms with Gasteiger partial charge in [-0.15, -0.1) is 0 Å². The van der Waals surface area contributed by atoms with Gasteiger partial charge in [-0.3, -0.25) is 0 Å². The van der Waals surface area contributed by atoms with E-state index in [4.69, 9.17) is 5.73 Å². The van der Waals surface area contributed by atoms with Gasteiger partial charge in [0, 0.05) is 25.3 Å². The summed E-state index contributed by atoms with van der Waals surface area (Å²) in [5.41, 5.74) is 7.79. The summed E-state index contributed by atoms with van der Waals surface area (Å²) in [5.74, 6) is -0.195. The van der Waals surface area contributed by atoms with Gasteiger partial charge in [0.15, 0.2) is 0 Å². The van der Waals surface area contributed by atoms with E-state index in [1.165, 1.54) is 6.07 Å². The molecule has 84 valence electrons. The Morgan fingerprint density at radius 2 is 2.13 bits per heavy atom. The van der Waals surface area contributed by atoms with Crippen LogP contribution in [0.1, 0.15) is 19.4 Å². The van der Waals surface area contributed by atoms with Crippen LogP contribution >= 0.6 is 0 Å². The van der Waals surface area contributed by atoms with Crippen LogP contribution in [0, 0.1) is 5.82 Å². The zero-order valence-corrected chi connectivity index (χ0v) is 9.63. The molecule has 2 N–H and O–H groups in total. The summed E-state index contributed by atoms with van der Waals surface area (Å²) >= 11 is 0. The quantitative estimate of drug-likeness (QED) is 0.825. The Morgan fingerprint density at radius 1 is 1.47 bits per heavy atom. The average Bonchev–Trinajstić information content (AvgIpc) is 2.16. The van der Waals surface area contributed by atoms with E-state index in [-0.39, 0.29) is 11.9 Å². The molecule has 2 nitrogen and oxygen atoms in total. The van der Waals surface area contributed by atoms with E-state index in [1.54, 1.807) is 6.07 Å². The summed E-state index contributed by atoms with van der Waals surface area (Å²) in [6, 6.07) is 4.93. The maximum atomic E-state index is 13.1. The van der Waals surface area contributed by atoms with E-state index >= 15 is 0 Å². The number of nitrogens with two attached hydrogens (primary N) is 1. The van der Waals surface area contributed by atoms with Crippen molar-refractivity contribution in [2.75, 3.05) is 18.5 Å². The fourth-order valence-electron chi connectivity index (χ4n) is 1.61. The minimum absolute atomic E-state index is 0.0517. The van der Waals surface area contributed by atoms with Crippen LogP contribution < -0.4 is 10.6 Å². The maximum Gasteiger partial charge on any atom is 0.123 e. The van der Waals surface area contributed by atoms with Gasteiger partial charge in [0.1, 0.15) is 5.82 Å². The Morgan fingerprint density at radius 3 is 2.67 bits per heavy atom. The number of halogens is 1. The fourth-order valence-corrected chi connectivity index (χ4v) is 1.61. The van der Waals surface area contributed by atoms with E-state index in [2.05, 4.69) is 11.8 Å². The Kier molecular flexibility index (Phi) is 4.09. The lowest BCUT2D eigenvalue weighted by Crippen LogP contribution is -2.22. The van der Waals surface area contributed by atoms with Crippen molar-refractivity contribution in [2.45, 2.75) is 26.3 Å². The lowest BCUT2D eigenvalue weighted by Gasteiger charge is -2.21. The SMILES string of the molecule is CCN(C)c1ccc(F)cc1CC(C)N. The van der Waals surface area contributed by atoms with Gasteiger partial charge in [-0.25, -0.2) is 4.39 Å². The summed E-state index contributed by atoms with van der Waals surface area (Å²) in [7, 11) is 2.00. The van der Waals surface area contributed by atoms with Gasteiger partial charge < -0.3 is 10.6 Å². The van der Waals surface area contributed by atoms with Crippen LogP contribution in [-0.2, 0) is 6.42 Å². The van der Waals surface area contributed by atoms with Crippen molar-refractivity contribution in [1.82, 2.24) is 0 Å². The first-order valence-electron chi connectivity index (χ1n) is 5.29. The molecule has 0 amide bonds. The summed E-state index contributed by atoms with van der Waals surface area (Å²) in [5, 5.41) is 0. The Bertz CT molecular complexity index is 323. The molecule has 1 aromatic rings. The summed E-state index contributed by atoms with van der Waals surface area (Å²) < 4.78 is 13.1. The summed E-state index contributed by atoms with van der Waals surface area (Å²) in [6.07, 6.45) is 0.706. The van der Waals surface area contributed by atoms with Crippen molar-refractivity contribution < 1.29 is 4.39 Å². The third kappa shape index (κ3) is 3.20. The van der Waals surface area contributed by atoms with Gasteiger partial charge in [0.25, 0.3) is 0 Å². The molecule has 0 aliphatic carbocycles. The van der Waals surface area contributed by atoms with E-state index in [0.29, 0.717) is 6.42 Å². The van der Waals surface area contributed by atoms with Crippen LogP contribution in [-0.4, -0.2) is 19.6 Å². The molecular formula is C12H19FN2. The second kappa shape index (κ2) is 5.12. The highest BCUT2D eigenvalue weighted by molar-refractivity contribution is 5.53. The van der Waals surface area contributed by atoms with Crippen molar-refractivity contribution in [1.29, 1.82) is 0 Å². The molecule has 3 heteroatoms. The predicted octanol–water partition coefficient (Wildman–Crippen LogP) is 2.17. The lowest BCUT2D eigenvalue weighted by atomic mass is 10.0. The molecule has 0 spiro atoms. The minimum Gasteiger partial charge on any atom is -0.375 e. The molecule has 0 saturated carbocycles. The van der Waals surface area contributed by atoms with Crippen molar-refractivity contribution in [2.24, 2.45) is 5.73 Å². The van der Waals surface area contributed by atoms with Crippen LogP contribution in [0.25, 0.3) is 0 Å². The zero-order chi connectivity index (χ0) is 11.4. The molecule has 1 rings (SSSR count). The first-order chi connectivity index (χ1) is 7.04. The zero-order valence-electron chi connectivity index (χ0n) is 9.63. The normalized spacial score (nSPS) is 12.6. The highest BCUT2D eigenvalue weighted by atomic mass is 19.1. The maximum absolute atomic E-state index is 13.1. The van der Waals surface area contributed by atoms with Crippen molar-refractivity contribution in [3.05, 3.63) is 29.6 Å². The number of benzene rings is 1. The monoisotopic (exact) mass is 210 g/mol. The number of hydrogen-bond acceptors (Lipinski definition) is 2. The Hall–Kier alpha value is -1.09. The van der Waals surface area contributed by atoms with E-state index in [1.807, 2.05) is 20.0 Å². The van der Waals surface area contributed by atoms with Crippen LogP contribution in [0.3, 0.4) is 0 Å². The molecule has 0 saturated heterocycles. The Balaban J connectivity index is 3.02. The van der Waals surface area contributed by atoms with Gasteiger partial charge in [-0.1, -0.05) is 0 Å². The molecule has 0 bridgehead atoms. The van der Waals surface area contributed by atoms with Crippen LogP contribution in [0.15, 0.2) is 18.2 Å². The molecule has 0 aliphatic rings. The molecule has 0 radical (unpaired) electrons. The smallest absolute Gasteiger partial charge is 0.123 e. The van der Waals surface area contributed by atoms with Crippen molar-refractivity contribution >= 4 is 5.69 Å². The van der Waals surface area contributed by atoms with Gasteiger partial charge in [-0.05, 0) is 44.0 Å². The van der Waals surface area contributed by atoms with Crippen LogP contribution in [0.5, 0.6) is 0 Å². The summed E-state index contributed by atoms with van der Waals surface area (Å²) in [6.45, 7) is 4.90. The summed E-state index contributed by atoms with van der Waals surface area (Å²) in [4.78, 5) is 2.09. The van der Waals surface area contributed by atoms with Crippen LogP contribution in [0.4, 0.5) is 10.1 Å². The third-order valence-electron chi connectivity index (χ3n) is 2.47.